The zero-order valence-corrected chi connectivity index (χ0v) is 41.8. The summed E-state index contributed by atoms with van der Waals surface area (Å²) in [4.78, 5) is 38.0. The predicted molar refractivity (Wildman–Crippen MR) is 274 cm³/mol. The molecule has 0 aromatic carbocycles. The van der Waals surface area contributed by atoms with Crippen molar-refractivity contribution in [1.82, 2.24) is 0 Å². The van der Waals surface area contributed by atoms with Gasteiger partial charge in [0.1, 0.15) is 13.2 Å². The second-order valence-corrected chi connectivity index (χ2v) is 17.5. The Labute approximate surface area is 395 Å². The SMILES string of the molecule is CC/C=C/C=C/C=C/C=C/C=C/CCCC(=O)OCC(COC(=O)CCCCCCCCC/C=C/CCCCCCCCCC)OC(=O)CCCCC/C=C/CCCCCCCCC. The van der Waals surface area contributed by atoms with Gasteiger partial charge < -0.3 is 14.2 Å². The minimum atomic E-state index is -0.814. The summed E-state index contributed by atoms with van der Waals surface area (Å²) >= 11 is 0. The van der Waals surface area contributed by atoms with Crippen LogP contribution in [-0.4, -0.2) is 37.2 Å². The quantitative estimate of drug-likeness (QED) is 0.0199. The zero-order valence-electron chi connectivity index (χ0n) is 41.8. The van der Waals surface area contributed by atoms with E-state index in [1.54, 1.807) is 0 Å². The summed E-state index contributed by atoms with van der Waals surface area (Å²) in [7, 11) is 0. The van der Waals surface area contributed by atoms with Crippen molar-refractivity contribution in [3.05, 3.63) is 85.1 Å². The normalized spacial score (nSPS) is 12.7. The molecule has 0 rings (SSSR count). The molecule has 1 unspecified atom stereocenters. The standard InChI is InChI=1S/C58H98O6/c1-4-7-10-13-16-19-22-25-27-28-29-30-31-34-36-39-42-45-48-51-57(60)63-54-55(53-62-56(59)50-47-44-41-38-35-32-24-21-18-15-12-9-6-3)64-58(61)52-49-46-43-40-37-33-26-23-20-17-14-11-8-5-2/h9,12,15,18,21,24,28-29,32-33,35,37-38,41,55H,4-8,10-11,13-14,16-17,19-20,22-23,25-27,30-31,34,36,39-40,42-54H2,1-3H3/b12-9+,18-15+,24-21+,29-28+,35-32+,37-33+,41-38+. The summed E-state index contributed by atoms with van der Waals surface area (Å²) < 4.78 is 16.7. The molecule has 0 aromatic rings. The van der Waals surface area contributed by atoms with Gasteiger partial charge in [-0.3, -0.25) is 14.4 Å². The second-order valence-electron chi connectivity index (χ2n) is 17.5. The van der Waals surface area contributed by atoms with E-state index in [1.807, 2.05) is 54.7 Å². The van der Waals surface area contributed by atoms with Gasteiger partial charge >= 0.3 is 17.9 Å². The lowest BCUT2D eigenvalue weighted by Gasteiger charge is -2.18. The van der Waals surface area contributed by atoms with Crippen LogP contribution in [0.2, 0.25) is 0 Å². The van der Waals surface area contributed by atoms with E-state index in [2.05, 4.69) is 51.2 Å². The van der Waals surface area contributed by atoms with Gasteiger partial charge in [0, 0.05) is 19.3 Å². The molecule has 0 heterocycles. The lowest BCUT2D eigenvalue weighted by Crippen LogP contribution is -2.30. The lowest BCUT2D eigenvalue weighted by atomic mass is 10.1. The van der Waals surface area contributed by atoms with Crippen molar-refractivity contribution in [2.45, 2.75) is 252 Å². The number of ether oxygens (including phenoxy) is 3. The summed E-state index contributed by atoms with van der Waals surface area (Å²) in [6.07, 6.45) is 67.2. The Kier molecular flexibility index (Phi) is 49.4. The highest BCUT2D eigenvalue weighted by molar-refractivity contribution is 5.71. The van der Waals surface area contributed by atoms with Gasteiger partial charge in [-0.25, -0.2) is 0 Å². The molecule has 0 N–H and O–H groups in total. The molecule has 0 radical (unpaired) electrons. The van der Waals surface area contributed by atoms with Crippen LogP contribution in [0.4, 0.5) is 0 Å². The van der Waals surface area contributed by atoms with Crippen LogP contribution in [0.3, 0.4) is 0 Å². The molecule has 0 amide bonds. The molecule has 0 aliphatic rings. The molecule has 64 heavy (non-hydrogen) atoms. The van der Waals surface area contributed by atoms with Crippen molar-refractivity contribution in [2.75, 3.05) is 13.2 Å². The molecule has 0 fully saturated rings. The van der Waals surface area contributed by atoms with Gasteiger partial charge in [0.15, 0.2) is 6.10 Å². The van der Waals surface area contributed by atoms with E-state index < -0.39 is 6.10 Å². The average Bonchev–Trinajstić information content (AvgIpc) is 3.29. The Morgan fingerprint density at radius 3 is 1.06 bits per heavy atom. The monoisotopic (exact) mass is 891 g/mol. The largest absolute Gasteiger partial charge is 0.462 e. The number of rotatable bonds is 47. The van der Waals surface area contributed by atoms with Gasteiger partial charge in [0.2, 0.25) is 0 Å². The van der Waals surface area contributed by atoms with Gasteiger partial charge in [0.25, 0.3) is 0 Å². The smallest absolute Gasteiger partial charge is 0.306 e. The van der Waals surface area contributed by atoms with Crippen molar-refractivity contribution in [2.24, 2.45) is 0 Å². The number of hydrogen-bond acceptors (Lipinski definition) is 6. The molecule has 6 nitrogen and oxygen atoms in total. The number of carbonyl (C=O) groups excluding carboxylic acids is 3. The molecule has 1 atom stereocenters. The van der Waals surface area contributed by atoms with E-state index in [1.165, 1.54) is 135 Å². The van der Waals surface area contributed by atoms with Crippen molar-refractivity contribution in [1.29, 1.82) is 0 Å². The number of esters is 3. The first-order valence-electron chi connectivity index (χ1n) is 26.7. The molecule has 366 valence electrons. The maximum Gasteiger partial charge on any atom is 0.306 e. The highest BCUT2D eigenvalue weighted by Crippen LogP contribution is 2.14. The van der Waals surface area contributed by atoms with Crippen LogP contribution >= 0.6 is 0 Å². The fourth-order valence-electron chi connectivity index (χ4n) is 7.23. The average molecular weight is 891 g/mol. The first kappa shape index (κ1) is 60.6. The Morgan fingerprint density at radius 2 is 0.641 bits per heavy atom. The van der Waals surface area contributed by atoms with E-state index in [4.69, 9.17) is 14.2 Å². The molecular weight excluding hydrogens is 793 g/mol. The fourth-order valence-corrected chi connectivity index (χ4v) is 7.23. The maximum absolute atomic E-state index is 12.8. The molecule has 0 saturated heterocycles. The topological polar surface area (TPSA) is 78.9 Å². The Hall–Kier alpha value is -3.41. The highest BCUT2D eigenvalue weighted by atomic mass is 16.6. The van der Waals surface area contributed by atoms with Crippen LogP contribution < -0.4 is 0 Å². The van der Waals surface area contributed by atoms with Crippen molar-refractivity contribution >= 4 is 17.9 Å². The molecule has 6 heteroatoms. The Balaban J connectivity index is 4.45. The number of carbonyl (C=O) groups is 3. The second kappa shape index (κ2) is 52.2. The highest BCUT2D eigenvalue weighted by Gasteiger charge is 2.19. The van der Waals surface area contributed by atoms with Gasteiger partial charge in [-0.1, -0.05) is 228 Å². The van der Waals surface area contributed by atoms with Crippen LogP contribution in [0.15, 0.2) is 85.1 Å². The van der Waals surface area contributed by atoms with Gasteiger partial charge in [0.05, 0.1) is 0 Å². The van der Waals surface area contributed by atoms with Crippen LogP contribution in [0.5, 0.6) is 0 Å². The van der Waals surface area contributed by atoms with Crippen LogP contribution in [0.1, 0.15) is 245 Å². The molecule has 0 aromatic heterocycles. The number of unbranched alkanes of at least 4 members (excludes halogenated alkanes) is 26. The maximum atomic E-state index is 12.8. The number of allylic oxidation sites excluding steroid dienone is 14. The third-order valence-corrected chi connectivity index (χ3v) is 11.2. The third kappa shape index (κ3) is 49.6. The molecule has 0 aliphatic carbocycles. The minimum Gasteiger partial charge on any atom is -0.462 e. The van der Waals surface area contributed by atoms with Gasteiger partial charge in [-0.15, -0.1) is 0 Å². The van der Waals surface area contributed by atoms with Gasteiger partial charge in [-0.05, 0) is 83.5 Å². The predicted octanol–water partition coefficient (Wildman–Crippen LogP) is 17.6. The molecule has 0 bridgehead atoms. The van der Waals surface area contributed by atoms with E-state index >= 15 is 0 Å². The van der Waals surface area contributed by atoms with E-state index in [-0.39, 0.29) is 37.5 Å². The fraction of sp³-hybridized carbons (Fsp3) is 0.707. The van der Waals surface area contributed by atoms with E-state index in [0.717, 1.165) is 64.2 Å². The van der Waals surface area contributed by atoms with Gasteiger partial charge in [-0.2, -0.15) is 0 Å². The zero-order chi connectivity index (χ0) is 46.5. The van der Waals surface area contributed by atoms with Crippen molar-refractivity contribution in [3.63, 3.8) is 0 Å². The molecule has 0 saturated carbocycles. The summed E-state index contributed by atoms with van der Waals surface area (Å²) in [5.41, 5.74) is 0. The van der Waals surface area contributed by atoms with Crippen LogP contribution in [0, 0.1) is 0 Å². The Bertz CT molecular complexity index is 1250. The Morgan fingerprint density at radius 1 is 0.328 bits per heavy atom. The third-order valence-electron chi connectivity index (χ3n) is 11.2. The minimum absolute atomic E-state index is 0.107. The summed E-state index contributed by atoms with van der Waals surface area (Å²) in [5, 5.41) is 0. The summed E-state index contributed by atoms with van der Waals surface area (Å²) in [5.74, 6) is -1.00. The number of hydrogen-bond donors (Lipinski definition) is 0. The van der Waals surface area contributed by atoms with E-state index in [0.29, 0.717) is 19.3 Å². The van der Waals surface area contributed by atoms with Crippen molar-refractivity contribution < 1.29 is 28.6 Å². The molecule has 0 aliphatic heterocycles. The summed E-state index contributed by atoms with van der Waals surface area (Å²) in [6, 6.07) is 0. The van der Waals surface area contributed by atoms with Crippen molar-refractivity contribution in [3.8, 4) is 0 Å². The lowest BCUT2D eigenvalue weighted by molar-refractivity contribution is -0.167. The van der Waals surface area contributed by atoms with E-state index in [9.17, 15) is 14.4 Å². The molecular formula is C58H98O6. The van der Waals surface area contributed by atoms with Crippen LogP contribution in [-0.2, 0) is 28.6 Å². The first-order valence-corrected chi connectivity index (χ1v) is 26.7. The van der Waals surface area contributed by atoms with Crippen LogP contribution in [0.25, 0.3) is 0 Å². The summed E-state index contributed by atoms with van der Waals surface area (Å²) in [6.45, 7) is 6.41. The first-order chi connectivity index (χ1) is 31.5. The molecule has 0 spiro atoms.